The van der Waals surface area contributed by atoms with Gasteiger partial charge < -0.3 is 16.0 Å². The molecule has 2 aromatic carbocycles. The highest BCUT2D eigenvalue weighted by atomic mass is 35.5. The summed E-state index contributed by atoms with van der Waals surface area (Å²) in [6.45, 7) is 3.46. The fraction of sp³-hybridized carbons (Fsp3) is 0.250. The summed E-state index contributed by atoms with van der Waals surface area (Å²) in [4.78, 5) is 19.1. The number of pyridine rings is 1. The number of nitrogens with zero attached hydrogens (tertiary/aromatic N) is 2. The molecule has 0 aliphatic carbocycles. The maximum absolute atomic E-state index is 15.2. The van der Waals surface area contributed by atoms with Crippen molar-refractivity contribution in [3.8, 4) is 11.1 Å². The van der Waals surface area contributed by atoms with Crippen LogP contribution in [0.1, 0.15) is 23.7 Å². The summed E-state index contributed by atoms with van der Waals surface area (Å²) in [5.41, 5.74) is 6.01. The van der Waals surface area contributed by atoms with E-state index in [0.717, 1.165) is 31.2 Å². The predicted octanol–water partition coefficient (Wildman–Crippen LogP) is 5.44. The van der Waals surface area contributed by atoms with Crippen LogP contribution in [0, 0.1) is 23.4 Å². The SMILES string of the molecule is C[C@@H]1C[C@H](N)CN(c2ccncc2NC(=O)c2ccc(F)c(-c3ccccc3F)c2F)C1.Cl.Cl. The van der Waals surface area contributed by atoms with Gasteiger partial charge in [0, 0.05) is 30.9 Å². The van der Waals surface area contributed by atoms with Crippen molar-refractivity contribution in [2.24, 2.45) is 11.7 Å². The summed E-state index contributed by atoms with van der Waals surface area (Å²) in [6, 6.07) is 9.00. The molecular formula is C24H25Cl2F3N4O. The number of nitrogens with one attached hydrogen (secondary N) is 1. The smallest absolute Gasteiger partial charge is 0.258 e. The Hall–Kier alpha value is -2.81. The number of anilines is 2. The summed E-state index contributed by atoms with van der Waals surface area (Å²) in [5, 5.41) is 2.67. The number of amides is 1. The highest BCUT2D eigenvalue weighted by Crippen LogP contribution is 2.32. The first-order valence-electron chi connectivity index (χ1n) is 10.3. The van der Waals surface area contributed by atoms with Crippen LogP contribution < -0.4 is 16.0 Å². The molecule has 3 N–H and O–H groups in total. The molecule has 0 bridgehead atoms. The number of carbonyl (C=O) groups excluding carboxylic acids is 1. The van der Waals surface area contributed by atoms with E-state index in [1.807, 2.05) is 0 Å². The molecule has 182 valence electrons. The van der Waals surface area contributed by atoms with Gasteiger partial charge in [0.25, 0.3) is 5.91 Å². The molecule has 1 aliphatic rings. The number of hydrogen-bond acceptors (Lipinski definition) is 4. The van der Waals surface area contributed by atoms with Crippen LogP contribution in [0.3, 0.4) is 0 Å². The Morgan fingerprint density at radius 3 is 2.50 bits per heavy atom. The quantitative estimate of drug-likeness (QED) is 0.488. The first-order valence-corrected chi connectivity index (χ1v) is 10.3. The van der Waals surface area contributed by atoms with Gasteiger partial charge in [0.1, 0.15) is 17.5 Å². The molecule has 2 heterocycles. The standard InChI is InChI=1S/C24H23F3N4O.2ClH/c1-14-10-15(28)13-31(12-14)21-8-9-29-11-20(21)30-24(32)17-6-7-19(26)22(23(17)27)16-4-2-3-5-18(16)25;;/h2-9,11,14-15H,10,12-13,28H2,1H3,(H,30,32);2*1H/t14-,15+;;/m1../s1. The maximum atomic E-state index is 15.2. The molecule has 5 nitrogen and oxygen atoms in total. The van der Waals surface area contributed by atoms with Crippen LogP contribution in [-0.2, 0) is 0 Å². The molecular weight excluding hydrogens is 488 g/mol. The van der Waals surface area contributed by atoms with Gasteiger partial charge in [-0.3, -0.25) is 9.78 Å². The van der Waals surface area contributed by atoms with Crippen LogP contribution in [0.2, 0.25) is 0 Å². The molecule has 3 aromatic rings. The van der Waals surface area contributed by atoms with Crippen molar-refractivity contribution in [1.29, 1.82) is 0 Å². The lowest BCUT2D eigenvalue weighted by molar-refractivity contribution is 0.102. The molecule has 1 aliphatic heterocycles. The molecule has 0 spiro atoms. The van der Waals surface area contributed by atoms with Crippen LogP contribution in [0.25, 0.3) is 11.1 Å². The van der Waals surface area contributed by atoms with Crippen molar-refractivity contribution in [2.45, 2.75) is 19.4 Å². The van der Waals surface area contributed by atoms with E-state index >= 15 is 4.39 Å². The summed E-state index contributed by atoms with van der Waals surface area (Å²) < 4.78 is 43.8. The van der Waals surface area contributed by atoms with Crippen molar-refractivity contribution < 1.29 is 18.0 Å². The van der Waals surface area contributed by atoms with E-state index in [1.54, 1.807) is 12.3 Å². The fourth-order valence-electron chi connectivity index (χ4n) is 4.18. The third-order valence-corrected chi connectivity index (χ3v) is 5.56. The summed E-state index contributed by atoms with van der Waals surface area (Å²) in [5.74, 6) is -3.29. The van der Waals surface area contributed by atoms with Crippen molar-refractivity contribution in [1.82, 2.24) is 4.98 Å². The molecule has 0 saturated carbocycles. The molecule has 0 radical (unpaired) electrons. The van der Waals surface area contributed by atoms with Crippen LogP contribution in [0.4, 0.5) is 24.5 Å². The van der Waals surface area contributed by atoms with Gasteiger partial charge in [0.05, 0.1) is 28.7 Å². The monoisotopic (exact) mass is 512 g/mol. The van der Waals surface area contributed by atoms with Gasteiger partial charge in [0.2, 0.25) is 0 Å². The maximum Gasteiger partial charge on any atom is 0.258 e. The minimum atomic E-state index is -1.13. The van der Waals surface area contributed by atoms with E-state index in [4.69, 9.17) is 5.73 Å². The second-order valence-corrected chi connectivity index (χ2v) is 8.12. The lowest BCUT2D eigenvalue weighted by Crippen LogP contribution is -2.46. The molecule has 1 aromatic heterocycles. The zero-order chi connectivity index (χ0) is 22.8. The highest BCUT2D eigenvalue weighted by Gasteiger charge is 2.26. The van der Waals surface area contributed by atoms with Crippen molar-refractivity contribution >= 4 is 42.1 Å². The molecule has 0 unspecified atom stereocenters. The molecule has 34 heavy (non-hydrogen) atoms. The van der Waals surface area contributed by atoms with E-state index in [9.17, 15) is 13.6 Å². The first-order chi connectivity index (χ1) is 15.3. The van der Waals surface area contributed by atoms with Gasteiger partial charge in [-0.15, -0.1) is 24.8 Å². The Kier molecular flexibility index (Phi) is 9.32. The van der Waals surface area contributed by atoms with Crippen molar-refractivity contribution in [3.05, 3.63) is 77.9 Å². The zero-order valence-corrected chi connectivity index (χ0v) is 19.9. The highest BCUT2D eigenvalue weighted by molar-refractivity contribution is 6.06. The third-order valence-electron chi connectivity index (χ3n) is 5.56. The van der Waals surface area contributed by atoms with E-state index < -0.39 is 34.5 Å². The number of piperidine rings is 1. The lowest BCUT2D eigenvalue weighted by atomic mass is 9.96. The van der Waals surface area contributed by atoms with Gasteiger partial charge in [-0.1, -0.05) is 25.1 Å². The van der Waals surface area contributed by atoms with Crippen LogP contribution in [0.5, 0.6) is 0 Å². The Morgan fingerprint density at radius 2 is 1.79 bits per heavy atom. The number of aromatic nitrogens is 1. The first kappa shape index (κ1) is 27.4. The number of rotatable bonds is 4. The van der Waals surface area contributed by atoms with E-state index in [2.05, 4.69) is 22.1 Å². The van der Waals surface area contributed by atoms with E-state index in [0.29, 0.717) is 23.8 Å². The zero-order valence-electron chi connectivity index (χ0n) is 18.3. The molecule has 1 amide bonds. The summed E-state index contributed by atoms with van der Waals surface area (Å²) in [6.07, 6.45) is 3.98. The van der Waals surface area contributed by atoms with Gasteiger partial charge in [-0.25, -0.2) is 13.2 Å². The molecule has 2 atom stereocenters. The largest absolute Gasteiger partial charge is 0.368 e. The Bertz CT molecular complexity index is 1150. The molecule has 1 fully saturated rings. The van der Waals surface area contributed by atoms with Gasteiger partial charge in [-0.2, -0.15) is 0 Å². The van der Waals surface area contributed by atoms with Crippen LogP contribution >= 0.6 is 24.8 Å². The number of nitrogens with two attached hydrogens (primary N) is 1. The Balaban J connectivity index is 0.00000204. The van der Waals surface area contributed by atoms with Crippen LogP contribution in [0.15, 0.2) is 54.9 Å². The topological polar surface area (TPSA) is 71.2 Å². The lowest BCUT2D eigenvalue weighted by Gasteiger charge is -2.37. The number of halogens is 5. The minimum Gasteiger partial charge on any atom is -0.368 e. The van der Waals surface area contributed by atoms with Crippen LogP contribution in [-0.4, -0.2) is 30.0 Å². The van der Waals surface area contributed by atoms with Gasteiger partial charge in [-0.05, 0) is 36.6 Å². The van der Waals surface area contributed by atoms with Gasteiger partial charge >= 0.3 is 0 Å². The third kappa shape index (κ3) is 5.63. The minimum absolute atomic E-state index is 0. The van der Waals surface area contributed by atoms with E-state index in [1.165, 1.54) is 24.4 Å². The molecule has 4 rings (SSSR count). The summed E-state index contributed by atoms with van der Waals surface area (Å²) >= 11 is 0. The number of hydrogen-bond donors (Lipinski definition) is 2. The van der Waals surface area contributed by atoms with Crippen molar-refractivity contribution in [2.75, 3.05) is 23.3 Å². The second-order valence-electron chi connectivity index (χ2n) is 8.12. The van der Waals surface area contributed by atoms with Crippen molar-refractivity contribution in [3.63, 3.8) is 0 Å². The number of benzene rings is 2. The number of carbonyl (C=O) groups is 1. The summed E-state index contributed by atoms with van der Waals surface area (Å²) in [7, 11) is 0. The fourth-order valence-corrected chi connectivity index (χ4v) is 4.18. The average molecular weight is 513 g/mol. The normalized spacial score (nSPS) is 17.4. The van der Waals surface area contributed by atoms with E-state index in [-0.39, 0.29) is 36.4 Å². The second kappa shape index (κ2) is 11.6. The van der Waals surface area contributed by atoms with Gasteiger partial charge in [0.15, 0.2) is 0 Å². The Morgan fingerprint density at radius 1 is 1.06 bits per heavy atom. The predicted molar refractivity (Wildman–Crippen MR) is 132 cm³/mol. The Labute approximate surface area is 208 Å². The molecule has 1 saturated heterocycles. The molecule has 10 heteroatoms. The average Bonchev–Trinajstić information content (AvgIpc) is 2.74.